The molecular weight excluding hydrogens is 435 g/mol. The minimum Gasteiger partial charge on any atom is -0.330 e. The summed E-state index contributed by atoms with van der Waals surface area (Å²) in [6, 6.07) is 3.03. The largest absolute Gasteiger partial charge is 0.417 e. The fourth-order valence-electron chi connectivity index (χ4n) is 4.94. The topological polar surface area (TPSA) is 81.7 Å². The Morgan fingerprint density at radius 3 is 2.65 bits per heavy atom. The number of nitrogens with one attached hydrogen (secondary N) is 1. The Bertz CT molecular complexity index is 868. The summed E-state index contributed by atoms with van der Waals surface area (Å²) in [5.41, 5.74) is 5.24. The average Bonchev–Trinajstić information content (AvgIpc) is 3.35. The summed E-state index contributed by atoms with van der Waals surface area (Å²) in [6.07, 6.45) is -3.95. The van der Waals surface area contributed by atoms with Gasteiger partial charge < -0.3 is 10.6 Å². The smallest absolute Gasteiger partial charge is 0.330 e. The second kappa shape index (κ2) is 8.65. The number of nitrogens with two attached hydrogens (primary N) is 1. The Morgan fingerprint density at radius 1 is 1.29 bits per heavy atom. The predicted molar refractivity (Wildman–Crippen MR) is 108 cm³/mol. The molecule has 4 rings (SSSR count). The van der Waals surface area contributed by atoms with Crippen molar-refractivity contribution in [3.63, 3.8) is 0 Å². The van der Waals surface area contributed by atoms with Gasteiger partial charge in [-0.3, -0.25) is 4.79 Å². The van der Waals surface area contributed by atoms with Gasteiger partial charge in [0.2, 0.25) is 5.91 Å². The van der Waals surface area contributed by atoms with Crippen LogP contribution in [0, 0.1) is 10.8 Å². The molecule has 4 unspecified atom stereocenters. The third kappa shape index (κ3) is 4.30. The summed E-state index contributed by atoms with van der Waals surface area (Å²) >= 11 is 5.89. The van der Waals surface area contributed by atoms with Crippen LogP contribution in [-0.2, 0) is 11.0 Å². The lowest BCUT2D eigenvalue weighted by molar-refractivity contribution is -0.667. The molecule has 0 aliphatic carbocycles. The fraction of sp³-hybridized carbons (Fsp3) is 0.650. The maximum absolute atomic E-state index is 13.6. The number of nitrogens with zero attached hydrogens (tertiary/aromatic N) is 3. The standard InChI is InChI=1S/C20H26ClF3N5O2/c21-15-8-13(3-4-14(15)20(22,23)24)18-26-10-16(28-6-1-2-17(28)30)19(29(18)31)27-7-5-12(9-25)11-27/h3-4,8,12,16,18-19,26H,1-2,5-7,9-11,25H2/q+1. The Morgan fingerprint density at radius 2 is 2.06 bits per heavy atom. The first-order valence-corrected chi connectivity index (χ1v) is 10.9. The van der Waals surface area contributed by atoms with E-state index in [1.807, 2.05) is 0 Å². The quantitative estimate of drug-likeness (QED) is 0.674. The van der Waals surface area contributed by atoms with Crippen molar-refractivity contribution in [1.82, 2.24) is 15.1 Å². The first-order chi connectivity index (χ1) is 14.7. The monoisotopic (exact) mass is 460 g/mol. The normalized spacial score (nSPS) is 30.4. The number of halogens is 4. The van der Waals surface area contributed by atoms with Gasteiger partial charge in [-0.05, 0) is 37.4 Å². The molecular formula is C20H26ClF3N5O2+. The minimum absolute atomic E-state index is 0.0239. The number of nitroso groups, excluding NO2 is 1. The van der Waals surface area contributed by atoms with Crippen LogP contribution in [0.1, 0.15) is 36.6 Å². The van der Waals surface area contributed by atoms with Crippen LogP contribution in [0.15, 0.2) is 18.2 Å². The summed E-state index contributed by atoms with van der Waals surface area (Å²) in [5.74, 6) is 0.299. The number of benzene rings is 1. The molecule has 0 saturated carbocycles. The van der Waals surface area contributed by atoms with Crippen LogP contribution >= 0.6 is 11.6 Å². The maximum atomic E-state index is 13.6. The molecule has 3 heterocycles. The van der Waals surface area contributed by atoms with E-state index >= 15 is 0 Å². The van der Waals surface area contributed by atoms with Gasteiger partial charge in [0, 0.05) is 47.8 Å². The number of hydrogen-bond donors (Lipinski definition) is 2. The van der Waals surface area contributed by atoms with E-state index in [1.54, 1.807) is 4.90 Å². The van der Waals surface area contributed by atoms with Gasteiger partial charge in [0.25, 0.3) is 12.3 Å². The SMILES string of the molecule is NCC1CCN(C2C(N3CCCC3=O)CNC(c3ccc(C(F)(F)F)c(Cl)c3)[N+]2=O)C1. The van der Waals surface area contributed by atoms with E-state index in [4.69, 9.17) is 17.3 Å². The van der Waals surface area contributed by atoms with Crippen molar-refractivity contribution in [3.05, 3.63) is 39.3 Å². The van der Waals surface area contributed by atoms with Gasteiger partial charge >= 0.3 is 6.18 Å². The molecule has 1 amide bonds. The Kier molecular flexibility index (Phi) is 6.26. The molecule has 31 heavy (non-hydrogen) atoms. The number of rotatable bonds is 4. The van der Waals surface area contributed by atoms with Crippen LogP contribution in [0.4, 0.5) is 13.2 Å². The fourth-order valence-corrected chi connectivity index (χ4v) is 5.23. The van der Waals surface area contributed by atoms with E-state index < -0.39 is 29.1 Å². The van der Waals surface area contributed by atoms with Crippen molar-refractivity contribution in [2.75, 3.05) is 32.7 Å². The highest BCUT2D eigenvalue weighted by molar-refractivity contribution is 6.31. The summed E-state index contributed by atoms with van der Waals surface area (Å²) < 4.78 is 40.1. The third-order valence-electron chi connectivity index (χ3n) is 6.53. The van der Waals surface area contributed by atoms with Gasteiger partial charge in [-0.15, -0.1) is 0 Å². The molecule has 1 aromatic rings. The van der Waals surface area contributed by atoms with Gasteiger partial charge in [0.15, 0.2) is 0 Å². The highest BCUT2D eigenvalue weighted by Crippen LogP contribution is 2.37. The second-order valence-electron chi connectivity index (χ2n) is 8.46. The molecule has 3 saturated heterocycles. The van der Waals surface area contributed by atoms with E-state index in [0.29, 0.717) is 44.7 Å². The van der Waals surface area contributed by atoms with Crippen LogP contribution in [0.25, 0.3) is 0 Å². The zero-order valence-corrected chi connectivity index (χ0v) is 17.7. The lowest BCUT2D eigenvalue weighted by Crippen LogP contribution is -2.65. The lowest BCUT2D eigenvalue weighted by Gasteiger charge is -2.38. The van der Waals surface area contributed by atoms with Crippen LogP contribution in [0.5, 0.6) is 0 Å². The number of alkyl halides is 3. The molecule has 0 spiro atoms. The highest BCUT2D eigenvalue weighted by atomic mass is 35.5. The van der Waals surface area contributed by atoms with Crippen LogP contribution in [0.3, 0.4) is 0 Å². The molecule has 3 aliphatic heterocycles. The van der Waals surface area contributed by atoms with Crippen molar-refractivity contribution in [2.24, 2.45) is 11.7 Å². The third-order valence-corrected chi connectivity index (χ3v) is 6.84. The van der Waals surface area contributed by atoms with Crippen LogP contribution in [-0.4, -0.2) is 65.4 Å². The van der Waals surface area contributed by atoms with E-state index in [2.05, 4.69) is 10.2 Å². The molecule has 0 radical (unpaired) electrons. The molecule has 1 aromatic carbocycles. The Hall–Kier alpha value is -1.75. The Labute approximate surface area is 183 Å². The highest BCUT2D eigenvalue weighted by Gasteiger charge is 2.53. The summed E-state index contributed by atoms with van der Waals surface area (Å²) in [5, 5.41) is 2.68. The molecule has 11 heteroatoms. The number of hydrogen-bond acceptors (Lipinski definition) is 5. The van der Waals surface area contributed by atoms with Gasteiger partial charge in [0.05, 0.1) is 10.6 Å². The molecule has 3 fully saturated rings. The molecule has 170 valence electrons. The van der Waals surface area contributed by atoms with Crippen molar-refractivity contribution in [2.45, 2.75) is 43.8 Å². The molecule has 0 bridgehead atoms. The number of carbonyl (C=O) groups excluding carboxylic acids is 1. The number of carbonyl (C=O) groups is 1. The zero-order chi connectivity index (χ0) is 22.3. The van der Waals surface area contributed by atoms with Crippen molar-refractivity contribution in [1.29, 1.82) is 0 Å². The Balaban J connectivity index is 1.63. The van der Waals surface area contributed by atoms with Crippen LogP contribution < -0.4 is 11.1 Å². The zero-order valence-electron chi connectivity index (χ0n) is 16.9. The number of amides is 1. The van der Waals surface area contributed by atoms with Crippen molar-refractivity contribution in [3.8, 4) is 0 Å². The van der Waals surface area contributed by atoms with Gasteiger partial charge in [0.1, 0.15) is 6.04 Å². The van der Waals surface area contributed by atoms with E-state index in [9.17, 15) is 22.9 Å². The molecule has 3 N–H and O–H groups in total. The van der Waals surface area contributed by atoms with E-state index in [1.165, 1.54) is 12.1 Å². The second-order valence-corrected chi connectivity index (χ2v) is 8.87. The molecule has 7 nitrogen and oxygen atoms in total. The molecule has 0 aromatic heterocycles. The minimum atomic E-state index is -4.57. The molecule has 4 atom stereocenters. The molecule has 3 aliphatic rings. The summed E-state index contributed by atoms with van der Waals surface area (Å²) in [4.78, 5) is 29.8. The predicted octanol–water partition coefficient (Wildman–Crippen LogP) is 2.34. The van der Waals surface area contributed by atoms with Gasteiger partial charge in [-0.1, -0.05) is 17.7 Å². The summed E-state index contributed by atoms with van der Waals surface area (Å²) in [7, 11) is 0. The van der Waals surface area contributed by atoms with E-state index in [0.717, 1.165) is 23.7 Å². The van der Waals surface area contributed by atoms with Gasteiger partial charge in [-0.25, -0.2) is 10.2 Å². The van der Waals surface area contributed by atoms with Crippen molar-refractivity contribution >= 4 is 17.5 Å². The van der Waals surface area contributed by atoms with E-state index in [-0.39, 0.29) is 17.9 Å². The maximum Gasteiger partial charge on any atom is 0.417 e. The number of likely N-dealkylation sites (tertiary alicyclic amines) is 2. The first kappa shape index (κ1) is 22.4. The average molecular weight is 461 g/mol. The van der Waals surface area contributed by atoms with Gasteiger partial charge in [-0.2, -0.15) is 13.2 Å². The lowest BCUT2D eigenvalue weighted by atomic mass is 10.0. The first-order valence-electron chi connectivity index (χ1n) is 10.5. The van der Waals surface area contributed by atoms with Crippen molar-refractivity contribution < 1.29 is 22.7 Å². The van der Waals surface area contributed by atoms with Crippen LogP contribution in [0.2, 0.25) is 5.02 Å². The summed E-state index contributed by atoms with van der Waals surface area (Å²) in [6.45, 7) is 2.82.